The van der Waals surface area contributed by atoms with E-state index in [2.05, 4.69) is 10.6 Å². The van der Waals surface area contributed by atoms with Crippen molar-refractivity contribution in [2.24, 2.45) is 0 Å². The number of carbonyl (C=O) groups excluding carboxylic acids is 2. The van der Waals surface area contributed by atoms with E-state index in [0.717, 1.165) is 0 Å². The molecular weight excluding hydrogens is 244 g/mol. The van der Waals surface area contributed by atoms with E-state index >= 15 is 0 Å². The average Bonchev–Trinajstić information content (AvgIpc) is 2.27. The highest BCUT2D eigenvalue weighted by atomic mass is 16.5. The fourth-order valence-electron chi connectivity index (χ4n) is 1.84. The summed E-state index contributed by atoms with van der Waals surface area (Å²) in [6, 6.07) is -0.982. The number of nitrogens with one attached hydrogen (secondary N) is 2. The highest BCUT2D eigenvalue weighted by Crippen LogP contribution is 2.19. The number of amides is 2. The molecule has 1 aliphatic heterocycles. The molecule has 2 amide bonds. The molecule has 0 aliphatic carbocycles. The van der Waals surface area contributed by atoms with Crippen LogP contribution in [0.25, 0.3) is 0 Å². The molecule has 0 aromatic heterocycles. The van der Waals surface area contributed by atoms with Gasteiger partial charge < -0.3 is 30.7 Å². The summed E-state index contributed by atoms with van der Waals surface area (Å²) in [4.78, 5) is 22.0. The molecule has 1 aliphatic rings. The smallest absolute Gasteiger partial charge is 0.218 e. The zero-order valence-electron chi connectivity index (χ0n) is 10.2. The van der Waals surface area contributed by atoms with E-state index in [-0.39, 0.29) is 0 Å². The summed E-state index contributed by atoms with van der Waals surface area (Å²) in [5.41, 5.74) is 0. The molecule has 1 heterocycles. The normalized spacial score (nSPS) is 35.9. The minimum Gasteiger partial charge on any atom is -0.394 e. The minimum atomic E-state index is -1.35. The third kappa shape index (κ3) is 3.39. The molecule has 0 saturated carbocycles. The van der Waals surface area contributed by atoms with Gasteiger partial charge in [0.15, 0.2) is 6.23 Å². The molecule has 8 heteroatoms. The fourth-order valence-corrected chi connectivity index (χ4v) is 1.84. The van der Waals surface area contributed by atoms with Crippen LogP contribution in [0.4, 0.5) is 0 Å². The first-order valence-corrected chi connectivity index (χ1v) is 5.53. The van der Waals surface area contributed by atoms with Crippen molar-refractivity contribution >= 4 is 11.8 Å². The van der Waals surface area contributed by atoms with Crippen LogP contribution < -0.4 is 10.6 Å². The largest absolute Gasteiger partial charge is 0.394 e. The summed E-state index contributed by atoms with van der Waals surface area (Å²) in [7, 11) is 0. The van der Waals surface area contributed by atoms with Crippen LogP contribution in [-0.4, -0.2) is 64.3 Å². The summed E-state index contributed by atoms with van der Waals surface area (Å²) in [5.74, 6) is -0.858. The van der Waals surface area contributed by atoms with Gasteiger partial charge in [-0.15, -0.1) is 0 Å². The number of hydrogen-bond acceptors (Lipinski definition) is 6. The van der Waals surface area contributed by atoms with Crippen LogP contribution in [0.2, 0.25) is 0 Å². The van der Waals surface area contributed by atoms with Gasteiger partial charge in [0.05, 0.1) is 6.61 Å². The molecule has 18 heavy (non-hydrogen) atoms. The second kappa shape index (κ2) is 6.10. The van der Waals surface area contributed by atoms with Gasteiger partial charge >= 0.3 is 0 Å². The van der Waals surface area contributed by atoms with Crippen molar-refractivity contribution in [3.8, 4) is 0 Å². The molecule has 104 valence electrons. The van der Waals surface area contributed by atoms with Crippen LogP contribution in [-0.2, 0) is 14.3 Å². The van der Waals surface area contributed by atoms with Gasteiger partial charge in [0.25, 0.3) is 0 Å². The standard InChI is InChI=1S/C10H18N2O6/c1-4(14)11-7-9(17)8(16)6(3-13)18-10(7)12-5(2)15/h6-10,13,16-17H,3H2,1-2H3,(H,11,14)(H,12,15)/t6?,7?,8-,9?,10-/m1/s1. The number of hydrogen-bond donors (Lipinski definition) is 5. The quantitative estimate of drug-likeness (QED) is 0.370. The van der Waals surface area contributed by atoms with Crippen molar-refractivity contribution in [2.75, 3.05) is 6.61 Å². The fraction of sp³-hybridized carbons (Fsp3) is 0.800. The van der Waals surface area contributed by atoms with Crippen LogP contribution in [0.1, 0.15) is 13.8 Å². The van der Waals surface area contributed by atoms with Crippen molar-refractivity contribution < 1.29 is 29.6 Å². The Hall–Kier alpha value is -1.22. The molecule has 3 unspecified atom stereocenters. The third-order valence-electron chi connectivity index (χ3n) is 2.64. The van der Waals surface area contributed by atoms with Crippen molar-refractivity contribution in [1.29, 1.82) is 0 Å². The lowest BCUT2D eigenvalue weighted by Crippen LogP contribution is -2.67. The van der Waals surface area contributed by atoms with Crippen LogP contribution in [0, 0.1) is 0 Å². The SMILES string of the molecule is CC(=O)NC1C(O)[C@H](O)C(CO)O[C@H]1NC(C)=O. The van der Waals surface area contributed by atoms with E-state index in [9.17, 15) is 19.8 Å². The Kier molecular flexibility index (Phi) is 5.03. The summed E-state index contributed by atoms with van der Waals surface area (Å²) in [6.07, 6.45) is -4.74. The predicted octanol–water partition coefficient (Wildman–Crippen LogP) is -2.93. The van der Waals surface area contributed by atoms with Crippen LogP contribution >= 0.6 is 0 Å². The van der Waals surface area contributed by atoms with E-state index in [0.29, 0.717) is 0 Å². The summed E-state index contributed by atoms with van der Waals surface area (Å²) >= 11 is 0. The molecule has 0 spiro atoms. The van der Waals surface area contributed by atoms with Crippen LogP contribution in [0.3, 0.4) is 0 Å². The maximum atomic E-state index is 11.0. The van der Waals surface area contributed by atoms with E-state index in [4.69, 9.17) is 9.84 Å². The number of aliphatic hydroxyl groups is 3. The molecule has 1 rings (SSSR count). The lowest BCUT2D eigenvalue weighted by atomic mass is 9.96. The van der Waals surface area contributed by atoms with Crippen LogP contribution in [0.5, 0.6) is 0 Å². The molecule has 0 aromatic carbocycles. The number of ether oxygens (including phenoxy) is 1. The monoisotopic (exact) mass is 262 g/mol. The summed E-state index contributed by atoms with van der Waals surface area (Å²) < 4.78 is 5.24. The van der Waals surface area contributed by atoms with Crippen molar-refractivity contribution in [1.82, 2.24) is 10.6 Å². The Balaban J connectivity index is 2.86. The van der Waals surface area contributed by atoms with Crippen molar-refractivity contribution in [3.05, 3.63) is 0 Å². The molecule has 8 nitrogen and oxygen atoms in total. The molecule has 0 radical (unpaired) electrons. The number of rotatable bonds is 3. The van der Waals surface area contributed by atoms with Gasteiger partial charge in [0.1, 0.15) is 24.4 Å². The predicted molar refractivity (Wildman–Crippen MR) is 59.2 cm³/mol. The van der Waals surface area contributed by atoms with Crippen molar-refractivity contribution in [3.63, 3.8) is 0 Å². The molecule has 0 bridgehead atoms. The first-order valence-electron chi connectivity index (χ1n) is 5.53. The Morgan fingerprint density at radius 2 is 1.67 bits per heavy atom. The Labute approximate surface area is 104 Å². The molecule has 5 atom stereocenters. The zero-order chi connectivity index (χ0) is 13.9. The molecule has 1 fully saturated rings. The first-order chi connectivity index (χ1) is 8.36. The Bertz CT molecular complexity index is 323. The zero-order valence-corrected chi connectivity index (χ0v) is 10.2. The summed E-state index contributed by atoms with van der Waals surface area (Å²) in [6.45, 7) is 1.97. The molecule has 0 aromatic rings. The highest BCUT2D eigenvalue weighted by Gasteiger charge is 2.44. The molecule has 1 saturated heterocycles. The van der Waals surface area contributed by atoms with Crippen LogP contribution in [0.15, 0.2) is 0 Å². The second-order valence-electron chi connectivity index (χ2n) is 4.19. The average molecular weight is 262 g/mol. The lowest BCUT2D eigenvalue weighted by Gasteiger charge is -2.42. The number of carbonyl (C=O) groups is 2. The highest BCUT2D eigenvalue weighted by molar-refractivity contribution is 5.74. The number of aliphatic hydroxyl groups excluding tert-OH is 3. The lowest BCUT2D eigenvalue weighted by molar-refractivity contribution is -0.203. The Morgan fingerprint density at radius 1 is 1.11 bits per heavy atom. The maximum Gasteiger partial charge on any atom is 0.218 e. The van der Waals surface area contributed by atoms with Gasteiger partial charge in [-0.1, -0.05) is 0 Å². The maximum absolute atomic E-state index is 11.0. The van der Waals surface area contributed by atoms with Gasteiger partial charge in [0, 0.05) is 13.8 Å². The Morgan fingerprint density at radius 3 is 2.11 bits per heavy atom. The summed E-state index contributed by atoms with van der Waals surface area (Å²) in [5, 5.41) is 33.3. The first kappa shape index (κ1) is 14.8. The van der Waals surface area contributed by atoms with Crippen molar-refractivity contribution in [2.45, 2.75) is 44.4 Å². The third-order valence-corrected chi connectivity index (χ3v) is 2.64. The molecular formula is C10H18N2O6. The topological polar surface area (TPSA) is 128 Å². The van der Waals surface area contributed by atoms with E-state index < -0.39 is 49.0 Å². The van der Waals surface area contributed by atoms with E-state index in [1.54, 1.807) is 0 Å². The minimum absolute atomic E-state index is 0.421. The van der Waals surface area contributed by atoms with Gasteiger partial charge in [0.2, 0.25) is 11.8 Å². The van der Waals surface area contributed by atoms with E-state index in [1.165, 1.54) is 13.8 Å². The van der Waals surface area contributed by atoms with E-state index in [1.807, 2.05) is 0 Å². The molecule has 5 N–H and O–H groups in total. The van der Waals surface area contributed by atoms with Gasteiger partial charge in [-0.25, -0.2) is 0 Å². The van der Waals surface area contributed by atoms with Gasteiger partial charge in [-0.05, 0) is 0 Å². The van der Waals surface area contributed by atoms with Gasteiger partial charge in [-0.2, -0.15) is 0 Å². The second-order valence-corrected chi connectivity index (χ2v) is 4.19. The van der Waals surface area contributed by atoms with Gasteiger partial charge in [-0.3, -0.25) is 9.59 Å².